The number of benzene rings is 2. The standard InChI is InChI=1S/C20H20N4O3/c1-20(2,3)16-8-4-14(5-9-16)18(25)12-27-19(26)15-6-10-17(11-7-15)24-13-21-22-23-24/h4-11,13H,12H2,1-3H3. The van der Waals surface area contributed by atoms with Crippen LogP contribution in [0.5, 0.6) is 0 Å². The number of nitrogens with zero attached hydrogens (tertiary/aromatic N) is 4. The van der Waals surface area contributed by atoms with Crippen molar-refractivity contribution in [3.63, 3.8) is 0 Å². The van der Waals surface area contributed by atoms with Gasteiger partial charge in [-0.25, -0.2) is 9.48 Å². The topological polar surface area (TPSA) is 87.0 Å². The number of tetrazole rings is 1. The fraction of sp³-hybridized carbons (Fsp3) is 0.250. The molecule has 27 heavy (non-hydrogen) atoms. The number of Topliss-reactive ketones (excluding diaryl/α,β-unsaturated/α-hetero) is 1. The number of hydrogen-bond donors (Lipinski definition) is 0. The summed E-state index contributed by atoms with van der Waals surface area (Å²) >= 11 is 0. The van der Waals surface area contributed by atoms with E-state index in [0.717, 1.165) is 5.56 Å². The van der Waals surface area contributed by atoms with Crippen molar-refractivity contribution in [3.8, 4) is 5.69 Å². The average Bonchev–Trinajstić information content (AvgIpc) is 3.20. The minimum absolute atomic E-state index is 0.0164. The van der Waals surface area contributed by atoms with Gasteiger partial charge in [0.1, 0.15) is 6.33 Å². The number of hydrogen-bond acceptors (Lipinski definition) is 6. The maximum atomic E-state index is 12.2. The Labute approximate surface area is 157 Å². The Morgan fingerprint density at radius 3 is 2.15 bits per heavy atom. The molecular formula is C20H20N4O3. The van der Waals surface area contributed by atoms with E-state index in [1.165, 1.54) is 11.0 Å². The summed E-state index contributed by atoms with van der Waals surface area (Å²) in [4.78, 5) is 24.4. The maximum absolute atomic E-state index is 12.2. The predicted octanol–water partition coefficient (Wildman–Crippen LogP) is 3.00. The molecule has 0 fully saturated rings. The zero-order valence-electron chi connectivity index (χ0n) is 15.4. The van der Waals surface area contributed by atoms with Crippen molar-refractivity contribution < 1.29 is 14.3 Å². The molecule has 0 amide bonds. The van der Waals surface area contributed by atoms with E-state index >= 15 is 0 Å². The zero-order chi connectivity index (χ0) is 19.4. The molecule has 1 heterocycles. The van der Waals surface area contributed by atoms with Crippen LogP contribution in [0.25, 0.3) is 5.69 Å². The first-order valence-corrected chi connectivity index (χ1v) is 8.49. The fourth-order valence-corrected chi connectivity index (χ4v) is 2.48. The van der Waals surface area contributed by atoms with Crippen molar-refractivity contribution in [2.24, 2.45) is 0 Å². The SMILES string of the molecule is CC(C)(C)c1ccc(C(=O)COC(=O)c2ccc(-n3cnnn3)cc2)cc1. The number of carbonyl (C=O) groups excluding carboxylic acids is 2. The third kappa shape index (κ3) is 4.44. The molecular weight excluding hydrogens is 344 g/mol. The Balaban J connectivity index is 1.59. The van der Waals surface area contributed by atoms with Gasteiger partial charge in [0.05, 0.1) is 11.3 Å². The fourth-order valence-electron chi connectivity index (χ4n) is 2.48. The van der Waals surface area contributed by atoms with Crippen LogP contribution in [0.2, 0.25) is 0 Å². The van der Waals surface area contributed by atoms with Crippen LogP contribution in [-0.4, -0.2) is 38.6 Å². The summed E-state index contributed by atoms with van der Waals surface area (Å²) in [6.45, 7) is 6.02. The smallest absolute Gasteiger partial charge is 0.338 e. The Bertz CT molecular complexity index is 925. The van der Waals surface area contributed by atoms with Crippen LogP contribution in [-0.2, 0) is 10.2 Å². The van der Waals surface area contributed by atoms with Crippen molar-refractivity contribution >= 4 is 11.8 Å². The summed E-state index contributed by atoms with van der Waals surface area (Å²) in [7, 11) is 0. The minimum Gasteiger partial charge on any atom is -0.454 e. The van der Waals surface area contributed by atoms with E-state index < -0.39 is 5.97 Å². The summed E-state index contributed by atoms with van der Waals surface area (Å²) in [6, 6.07) is 14.0. The van der Waals surface area contributed by atoms with Crippen molar-refractivity contribution in [1.82, 2.24) is 20.2 Å². The van der Waals surface area contributed by atoms with Gasteiger partial charge in [-0.2, -0.15) is 0 Å². The van der Waals surface area contributed by atoms with E-state index in [1.54, 1.807) is 36.4 Å². The van der Waals surface area contributed by atoms with Crippen LogP contribution < -0.4 is 0 Å². The lowest BCUT2D eigenvalue weighted by Crippen LogP contribution is -2.15. The summed E-state index contributed by atoms with van der Waals surface area (Å²) in [6.07, 6.45) is 1.46. The molecule has 0 saturated heterocycles. The van der Waals surface area contributed by atoms with Gasteiger partial charge in [-0.3, -0.25) is 4.79 Å². The molecule has 0 spiro atoms. The number of esters is 1. The van der Waals surface area contributed by atoms with Gasteiger partial charge in [0.15, 0.2) is 12.4 Å². The molecule has 0 aliphatic rings. The van der Waals surface area contributed by atoms with E-state index in [4.69, 9.17) is 4.74 Å². The van der Waals surface area contributed by atoms with Crippen molar-refractivity contribution in [2.75, 3.05) is 6.61 Å². The molecule has 3 rings (SSSR count). The number of ether oxygens (including phenoxy) is 1. The van der Waals surface area contributed by atoms with Gasteiger partial charge in [0.2, 0.25) is 0 Å². The highest BCUT2D eigenvalue weighted by molar-refractivity contribution is 5.99. The maximum Gasteiger partial charge on any atom is 0.338 e. The van der Waals surface area contributed by atoms with Gasteiger partial charge in [-0.15, -0.1) is 5.10 Å². The van der Waals surface area contributed by atoms with Crippen LogP contribution in [0, 0.1) is 0 Å². The number of carbonyl (C=O) groups is 2. The van der Waals surface area contributed by atoms with Crippen LogP contribution in [0.1, 0.15) is 47.1 Å². The number of aromatic nitrogens is 4. The third-order valence-electron chi connectivity index (χ3n) is 4.12. The molecule has 0 atom stereocenters. The van der Waals surface area contributed by atoms with E-state index in [2.05, 4.69) is 36.3 Å². The van der Waals surface area contributed by atoms with Crippen LogP contribution in [0.3, 0.4) is 0 Å². The van der Waals surface area contributed by atoms with Crippen molar-refractivity contribution in [3.05, 3.63) is 71.5 Å². The van der Waals surface area contributed by atoms with Gasteiger partial charge in [0.25, 0.3) is 0 Å². The van der Waals surface area contributed by atoms with Crippen LogP contribution in [0.15, 0.2) is 54.9 Å². The number of rotatable bonds is 5. The molecule has 0 aliphatic heterocycles. The molecule has 2 aromatic carbocycles. The molecule has 3 aromatic rings. The lowest BCUT2D eigenvalue weighted by atomic mass is 9.86. The molecule has 0 aliphatic carbocycles. The summed E-state index contributed by atoms with van der Waals surface area (Å²) < 4.78 is 6.61. The van der Waals surface area contributed by atoms with Gasteiger partial charge >= 0.3 is 5.97 Å². The van der Waals surface area contributed by atoms with Gasteiger partial charge < -0.3 is 4.74 Å². The van der Waals surface area contributed by atoms with E-state index in [-0.39, 0.29) is 17.8 Å². The summed E-state index contributed by atoms with van der Waals surface area (Å²) in [5, 5.41) is 10.9. The first-order chi connectivity index (χ1) is 12.8. The van der Waals surface area contributed by atoms with Crippen molar-refractivity contribution in [2.45, 2.75) is 26.2 Å². The molecule has 0 N–H and O–H groups in total. The lowest BCUT2D eigenvalue weighted by Gasteiger charge is -2.18. The third-order valence-corrected chi connectivity index (χ3v) is 4.12. The molecule has 7 heteroatoms. The Kier molecular flexibility index (Phi) is 5.12. The van der Waals surface area contributed by atoms with Gasteiger partial charge in [-0.05, 0) is 45.7 Å². The molecule has 0 radical (unpaired) electrons. The second-order valence-electron chi connectivity index (χ2n) is 7.13. The van der Waals surface area contributed by atoms with Crippen LogP contribution >= 0.6 is 0 Å². The predicted molar refractivity (Wildman–Crippen MR) is 98.9 cm³/mol. The van der Waals surface area contributed by atoms with E-state index in [0.29, 0.717) is 16.8 Å². The van der Waals surface area contributed by atoms with E-state index in [9.17, 15) is 9.59 Å². The van der Waals surface area contributed by atoms with E-state index in [1.807, 2.05) is 12.1 Å². The largest absolute Gasteiger partial charge is 0.454 e. The van der Waals surface area contributed by atoms with Crippen LogP contribution in [0.4, 0.5) is 0 Å². The lowest BCUT2D eigenvalue weighted by molar-refractivity contribution is 0.0475. The second-order valence-corrected chi connectivity index (χ2v) is 7.13. The molecule has 0 unspecified atom stereocenters. The Morgan fingerprint density at radius 2 is 1.59 bits per heavy atom. The Morgan fingerprint density at radius 1 is 0.963 bits per heavy atom. The number of ketones is 1. The van der Waals surface area contributed by atoms with Crippen molar-refractivity contribution in [1.29, 1.82) is 0 Å². The monoisotopic (exact) mass is 364 g/mol. The zero-order valence-corrected chi connectivity index (χ0v) is 15.4. The highest BCUT2D eigenvalue weighted by Crippen LogP contribution is 2.22. The normalized spacial score (nSPS) is 11.2. The first kappa shape index (κ1) is 18.4. The second kappa shape index (κ2) is 7.49. The molecule has 7 nitrogen and oxygen atoms in total. The summed E-state index contributed by atoms with van der Waals surface area (Å²) in [5.74, 6) is -0.799. The Hall–Kier alpha value is -3.35. The van der Waals surface area contributed by atoms with Gasteiger partial charge in [-0.1, -0.05) is 45.0 Å². The molecule has 0 saturated carbocycles. The molecule has 1 aromatic heterocycles. The highest BCUT2D eigenvalue weighted by Gasteiger charge is 2.15. The molecule has 0 bridgehead atoms. The average molecular weight is 364 g/mol. The molecule has 138 valence electrons. The first-order valence-electron chi connectivity index (χ1n) is 8.49. The minimum atomic E-state index is -0.557. The quantitative estimate of drug-likeness (QED) is 0.511. The summed E-state index contributed by atoms with van der Waals surface area (Å²) in [5.41, 5.74) is 2.74. The van der Waals surface area contributed by atoms with Gasteiger partial charge in [0, 0.05) is 5.56 Å². The highest BCUT2D eigenvalue weighted by atomic mass is 16.5.